The minimum atomic E-state index is -4.52. The van der Waals surface area contributed by atoms with Crippen LogP contribution in [0.2, 0.25) is 0 Å². The molecule has 0 aliphatic carbocycles. The monoisotopic (exact) mass is 434 g/mol. The zero-order valence-electron chi connectivity index (χ0n) is 15.7. The van der Waals surface area contributed by atoms with Crippen LogP contribution in [0.15, 0.2) is 53.7 Å². The van der Waals surface area contributed by atoms with Crippen LogP contribution >= 0.6 is 11.8 Å². The fraction of sp³-hybridized carbons (Fsp3) is 0.200. The fourth-order valence-electron chi connectivity index (χ4n) is 3.24. The second-order valence-electron chi connectivity index (χ2n) is 6.80. The van der Waals surface area contributed by atoms with Gasteiger partial charge < -0.3 is 15.1 Å². The van der Waals surface area contributed by atoms with Gasteiger partial charge in [0.05, 0.1) is 11.3 Å². The average Bonchev–Trinajstić information content (AvgIpc) is 3.32. The Labute approximate surface area is 173 Å². The van der Waals surface area contributed by atoms with E-state index in [1.807, 2.05) is 36.0 Å². The summed E-state index contributed by atoms with van der Waals surface area (Å²) in [6, 6.07) is 11.2. The van der Waals surface area contributed by atoms with Gasteiger partial charge in [0.25, 0.3) is 0 Å². The Morgan fingerprint density at radius 2 is 1.93 bits per heavy atom. The van der Waals surface area contributed by atoms with E-state index in [4.69, 9.17) is 5.11 Å². The van der Waals surface area contributed by atoms with Crippen molar-refractivity contribution in [1.82, 2.24) is 15.4 Å². The highest BCUT2D eigenvalue weighted by Gasteiger charge is 2.32. The number of hydrogen-bond donors (Lipinski definition) is 3. The summed E-state index contributed by atoms with van der Waals surface area (Å²) in [7, 11) is 1.90. The molecule has 1 aliphatic rings. The summed E-state index contributed by atoms with van der Waals surface area (Å²) in [4.78, 5) is 15.0. The molecule has 3 aromatic rings. The fourth-order valence-corrected chi connectivity index (χ4v) is 3.87. The number of thioether (sulfide) groups is 1. The van der Waals surface area contributed by atoms with Crippen LogP contribution in [0.1, 0.15) is 11.1 Å². The number of aryl methyl sites for hydroxylation is 1. The number of nitrogens with one attached hydrogen (secondary N) is 2. The number of aromatic nitrogens is 1. The lowest BCUT2D eigenvalue weighted by Gasteiger charge is -2.13. The Hall–Kier alpha value is -2.98. The number of aliphatic imine (C=N–C) groups is 1. The first-order chi connectivity index (χ1) is 14.2. The normalized spacial score (nSPS) is 16.5. The van der Waals surface area contributed by atoms with Gasteiger partial charge in [0.15, 0.2) is 5.50 Å². The molecule has 0 saturated carbocycles. The smallest absolute Gasteiger partial charge is 0.416 e. The van der Waals surface area contributed by atoms with Crippen molar-refractivity contribution in [3.63, 3.8) is 0 Å². The van der Waals surface area contributed by atoms with E-state index in [1.54, 1.807) is 12.1 Å². The standard InChI is InChI=1S/C20H17F3N4O2S/c1-27-5-4-12-6-11(2-3-16(12)27)13-7-14(9-15(8-13)20(21,22)23)18-24-19(26-25-18)30-10-17(28)29/h2-9,19,26H,10H2,1H3,(H,24,25)(H,28,29). The molecule has 1 atom stereocenters. The molecule has 0 amide bonds. The number of rotatable bonds is 5. The van der Waals surface area contributed by atoms with Gasteiger partial charge in [-0.2, -0.15) is 13.2 Å². The number of halogens is 3. The number of carboxylic acids is 1. The predicted octanol–water partition coefficient (Wildman–Crippen LogP) is 3.82. The van der Waals surface area contributed by atoms with Crippen molar-refractivity contribution in [2.75, 3.05) is 5.75 Å². The summed E-state index contributed by atoms with van der Waals surface area (Å²) >= 11 is 1.02. The molecule has 2 heterocycles. The zero-order valence-corrected chi connectivity index (χ0v) is 16.5. The summed E-state index contributed by atoms with van der Waals surface area (Å²) in [6.07, 6.45) is -2.63. The number of benzene rings is 2. The van der Waals surface area contributed by atoms with Crippen LogP contribution in [-0.4, -0.2) is 32.7 Å². The van der Waals surface area contributed by atoms with E-state index in [0.29, 0.717) is 11.1 Å². The Kier molecular flexibility index (Phi) is 5.20. The molecular weight excluding hydrogens is 417 g/mol. The lowest BCUT2D eigenvalue weighted by atomic mass is 9.98. The van der Waals surface area contributed by atoms with Gasteiger partial charge in [0.1, 0.15) is 5.84 Å². The minimum absolute atomic E-state index is 0.180. The highest BCUT2D eigenvalue weighted by Crippen LogP contribution is 2.34. The topological polar surface area (TPSA) is 78.7 Å². The van der Waals surface area contributed by atoms with Gasteiger partial charge in [0.2, 0.25) is 0 Å². The number of hydrazine groups is 1. The van der Waals surface area contributed by atoms with E-state index < -0.39 is 23.2 Å². The van der Waals surface area contributed by atoms with Gasteiger partial charge in [-0.1, -0.05) is 6.07 Å². The molecule has 6 nitrogen and oxygen atoms in total. The first kappa shape index (κ1) is 20.3. The quantitative estimate of drug-likeness (QED) is 0.569. The van der Waals surface area contributed by atoms with Crippen LogP contribution in [0.4, 0.5) is 13.2 Å². The number of fused-ring (bicyclic) bond motifs is 1. The highest BCUT2D eigenvalue weighted by molar-refractivity contribution is 8.00. The molecule has 0 bridgehead atoms. The van der Waals surface area contributed by atoms with Crippen molar-refractivity contribution in [3.05, 3.63) is 59.8 Å². The Balaban J connectivity index is 1.74. The van der Waals surface area contributed by atoms with Crippen molar-refractivity contribution >= 4 is 34.5 Å². The molecule has 0 fully saturated rings. The second-order valence-corrected chi connectivity index (χ2v) is 7.87. The first-order valence-electron chi connectivity index (χ1n) is 8.91. The molecule has 0 spiro atoms. The lowest BCUT2D eigenvalue weighted by molar-refractivity contribution is -0.137. The molecule has 0 radical (unpaired) electrons. The maximum Gasteiger partial charge on any atom is 0.416 e. The van der Waals surface area contributed by atoms with E-state index in [9.17, 15) is 18.0 Å². The Morgan fingerprint density at radius 3 is 2.67 bits per heavy atom. The van der Waals surface area contributed by atoms with Crippen LogP contribution < -0.4 is 10.9 Å². The molecule has 1 aliphatic heterocycles. The molecule has 10 heteroatoms. The molecule has 0 saturated heterocycles. The summed E-state index contributed by atoms with van der Waals surface area (Å²) in [5, 5.41) is 9.71. The van der Waals surface area contributed by atoms with Gasteiger partial charge >= 0.3 is 12.1 Å². The van der Waals surface area contributed by atoms with Crippen molar-refractivity contribution in [2.24, 2.45) is 12.0 Å². The van der Waals surface area contributed by atoms with Gasteiger partial charge in [0, 0.05) is 29.7 Å². The average molecular weight is 434 g/mol. The third-order valence-electron chi connectivity index (χ3n) is 4.68. The summed E-state index contributed by atoms with van der Waals surface area (Å²) in [5.74, 6) is -0.949. The molecular formula is C20H17F3N4O2S. The third-order valence-corrected chi connectivity index (χ3v) is 5.63. The summed E-state index contributed by atoms with van der Waals surface area (Å²) < 4.78 is 42.6. The number of carbonyl (C=O) groups is 1. The molecule has 30 heavy (non-hydrogen) atoms. The molecule has 3 N–H and O–H groups in total. The maximum atomic E-state index is 13.5. The van der Waals surface area contributed by atoms with Crippen LogP contribution in [-0.2, 0) is 18.0 Å². The first-order valence-corrected chi connectivity index (χ1v) is 9.96. The second kappa shape index (κ2) is 7.69. The van der Waals surface area contributed by atoms with Crippen LogP contribution in [0.25, 0.3) is 22.0 Å². The largest absolute Gasteiger partial charge is 0.481 e. The van der Waals surface area contributed by atoms with Gasteiger partial charge in [-0.3, -0.25) is 4.79 Å². The van der Waals surface area contributed by atoms with Crippen LogP contribution in [0.3, 0.4) is 0 Å². The minimum Gasteiger partial charge on any atom is -0.481 e. The van der Waals surface area contributed by atoms with E-state index in [0.717, 1.165) is 34.8 Å². The number of carboxylic acid groups (broad SMARTS) is 1. The number of hydrogen-bond acceptors (Lipinski definition) is 5. The Bertz CT molecular complexity index is 1160. The van der Waals surface area contributed by atoms with Crippen molar-refractivity contribution in [2.45, 2.75) is 11.7 Å². The van der Waals surface area contributed by atoms with E-state index >= 15 is 0 Å². The predicted molar refractivity (Wildman–Crippen MR) is 110 cm³/mol. The summed E-state index contributed by atoms with van der Waals surface area (Å²) in [5.41, 5.74) is 6.45. The van der Waals surface area contributed by atoms with Gasteiger partial charge in [-0.05, 0) is 47.5 Å². The van der Waals surface area contributed by atoms with Crippen molar-refractivity contribution in [1.29, 1.82) is 0 Å². The number of alkyl halides is 3. The molecule has 1 aromatic heterocycles. The van der Waals surface area contributed by atoms with E-state index in [2.05, 4.69) is 15.8 Å². The molecule has 4 rings (SSSR count). The van der Waals surface area contributed by atoms with Gasteiger partial charge in [-0.25, -0.2) is 10.4 Å². The molecule has 1 unspecified atom stereocenters. The molecule has 2 aromatic carbocycles. The lowest BCUT2D eigenvalue weighted by Crippen LogP contribution is -2.34. The third kappa shape index (κ3) is 4.14. The number of nitrogens with zero attached hydrogens (tertiary/aromatic N) is 2. The number of amidine groups is 1. The summed E-state index contributed by atoms with van der Waals surface area (Å²) in [6.45, 7) is 0. The van der Waals surface area contributed by atoms with E-state index in [-0.39, 0.29) is 17.2 Å². The van der Waals surface area contributed by atoms with Crippen molar-refractivity contribution in [3.8, 4) is 11.1 Å². The number of aliphatic carboxylic acids is 1. The van der Waals surface area contributed by atoms with Crippen molar-refractivity contribution < 1.29 is 23.1 Å². The molecule has 156 valence electrons. The van der Waals surface area contributed by atoms with E-state index in [1.165, 1.54) is 0 Å². The highest BCUT2D eigenvalue weighted by atomic mass is 32.2. The SMILES string of the molecule is Cn1ccc2cc(-c3cc(C4=NC(SCC(=O)O)NN4)cc(C(F)(F)F)c3)ccc21. The zero-order chi connectivity index (χ0) is 21.5. The van der Waals surface area contributed by atoms with Gasteiger partial charge in [-0.15, -0.1) is 11.8 Å². The maximum absolute atomic E-state index is 13.5. The Morgan fingerprint density at radius 1 is 1.17 bits per heavy atom. The van der Waals surface area contributed by atoms with Crippen LogP contribution in [0, 0.1) is 0 Å². The van der Waals surface area contributed by atoms with Crippen LogP contribution in [0.5, 0.6) is 0 Å².